The zero-order valence-corrected chi connectivity index (χ0v) is 16.6. The number of halogens is 6. The molecule has 0 aliphatic carbocycles. The molecule has 0 aliphatic heterocycles. The zero-order chi connectivity index (χ0) is 22.1. The first-order valence-electron chi connectivity index (χ1n) is 9.29. The summed E-state index contributed by atoms with van der Waals surface area (Å²) in [6.07, 6.45) is -5.06. The van der Waals surface area contributed by atoms with Gasteiger partial charge in [0.25, 0.3) is 10.1 Å². The Balaban J connectivity index is 0.00000841. The van der Waals surface area contributed by atoms with Gasteiger partial charge in [-0.2, -0.15) is 34.8 Å². The summed E-state index contributed by atoms with van der Waals surface area (Å²) in [7, 11) is -4.20. The predicted octanol–water partition coefficient (Wildman–Crippen LogP) is 5.29. The number of rotatable bonds is 12. The minimum atomic E-state index is -5.41. The monoisotopic (exact) mass is 473 g/mol. The summed E-state index contributed by atoms with van der Waals surface area (Å²) in [6, 6.07) is 5.94. The van der Waals surface area contributed by atoms with E-state index in [-0.39, 0.29) is 40.9 Å². The van der Waals surface area contributed by atoms with Crippen LogP contribution in [-0.2, 0) is 16.5 Å². The van der Waals surface area contributed by atoms with E-state index in [1.54, 1.807) is 12.1 Å². The molecule has 0 radical (unpaired) electrons. The standard InChI is InChI=1S/C18H25F6NO3S.Na.H/c19-17(20,21)25(18(22,23)24)14-8-6-4-2-1-3-5-7-9-15-10-12-16(13-11-15)29(26,27)28;;/h10-13H,1-9,14H2,(H,26,27,28);;. The Bertz CT molecular complexity index is 694. The number of unbranched alkanes of at least 4 members (excludes halogenated alkanes) is 7. The van der Waals surface area contributed by atoms with Crippen LogP contribution in [0.4, 0.5) is 26.3 Å². The van der Waals surface area contributed by atoms with Crippen molar-refractivity contribution in [2.24, 2.45) is 0 Å². The van der Waals surface area contributed by atoms with Gasteiger partial charge in [0.2, 0.25) is 0 Å². The molecule has 0 spiro atoms. The molecular formula is C18H26F6NNaO3S. The zero-order valence-electron chi connectivity index (χ0n) is 15.8. The molecule has 0 bridgehead atoms. The Kier molecular flexibility index (Phi) is 13.1. The van der Waals surface area contributed by atoms with Crippen molar-refractivity contribution >= 4 is 39.7 Å². The summed E-state index contributed by atoms with van der Waals surface area (Å²) < 4.78 is 105. The molecule has 0 amide bonds. The summed E-state index contributed by atoms with van der Waals surface area (Å²) in [4.78, 5) is -1.54. The SMILES string of the molecule is O=S(=O)(O)c1ccc(CCCCCCCCCCN(C(F)(F)F)C(F)(F)F)cc1.[NaH]. The topological polar surface area (TPSA) is 57.6 Å². The van der Waals surface area contributed by atoms with E-state index in [9.17, 15) is 34.8 Å². The molecule has 0 aliphatic rings. The molecule has 0 unspecified atom stereocenters. The first-order chi connectivity index (χ1) is 13.3. The second-order valence-electron chi connectivity index (χ2n) is 6.78. The van der Waals surface area contributed by atoms with E-state index in [2.05, 4.69) is 0 Å². The molecule has 30 heavy (non-hydrogen) atoms. The van der Waals surface area contributed by atoms with E-state index in [0.29, 0.717) is 12.8 Å². The number of alkyl halides is 6. The first-order valence-corrected chi connectivity index (χ1v) is 10.7. The average molecular weight is 473 g/mol. The third kappa shape index (κ3) is 11.9. The fraction of sp³-hybridized carbons (Fsp3) is 0.667. The van der Waals surface area contributed by atoms with Crippen molar-refractivity contribution in [2.75, 3.05) is 6.54 Å². The number of hydrogen-bond donors (Lipinski definition) is 1. The quantitative estimate of drug-likeness (QED) is 0.147. The molecule has 0 heterocycles. The van der Waals surface area contributed by atoms with Gasteiger partial charge in [-0.15, -0.1) is 4.90 Å². The molecule has 12 heteroatoms. The van der Waals surface area contributed by atoms with E-state index >= 15 is 0 Å². The van der Waals surface area contributed by atoms with Crippen LogP contribution in [-0.4, -0.2) is 66.6 Å². The van der Waals surface area contributed by atoms with E-state index in [1.807, 2.05) is 0 Å². The van der Waals surface area contributed by atoms with Gasteiger partial charge < -0.3 is 0 Å². The van der Waals surface area contributed by atoms with Crippen LogP contribution in [0.15, 0.2) is 29.2 Å². The maximum absolute atomic E-state index is 12.3. The average Bonchev–Trinajstić information content (AvgIpc) is 2.57. The maximum atomic E-state index is 12.3. The summed E-state index contributed by atoms with van der Waals surface area (Å²) in [5.74, 6) is 0. The van der Waals surface area contributed by atoms with Crippen LogP contribution < -0.4 is 0 Å². The number of hydrogen-bond acceptors (Lipinski definition) is 3. The second kappa shape index (κ2) is 13.3. The van der Waals surface area contributed by atoms with Crippen LogP contribution in [0, 0.1) is 0 Å². The van der Waals surface area contributed by atoms with E-state index in [0.717, 1.165) is 44.1 Å². The van der Waals surface area contributed by atoms with Gasteiger partial charge >= 0.3 is 42.2 Å². The first kappa shape index (κ1) is 29.7. The third-order valence-corrected chi connectivity index (χ3v) is 5.30. The van der Waals surface area contributed by atoms with Crippen LogP contribution in [0.2, 0.25) is 0 Å². The number of benzene rings is 1. The molecule has 0 atom stereocenters. The molecule has 170 valence electrons. The number of aryl methyl sites for hydroxylation is 1. The molecule has 0 saturated heterocycles. The summed E-state index contributed by atoms with van der Waals surface area (Å²) in [5, 5.41) is 0. The Hall–Kier alpha value is -0.330. The van der Waals surface area contributed by atoms with E-state index < -0.39 is 34.2 Å². The Morgan fingerprint density at radius 1 is 0.733 bits per heavy atom. The van der Waals surface area contributed by atoms with Crippen LogP contribution in [0.5, 0.6) is 0 Å². The molecular weight excluding hydrogens is 447 g/mol. The van der Waals surface area contributed by atoms with Gasteiger partial charge in [0.1, 0.15) is 0 Å². The second-order valence-corrected chi connectivity index (χ2v) is 8.21. The van der Waals surface area contributed by atoms with Crippen molar-refractivity contribution in [3.05, 3.63) is 29.8 Å². The molecule has 1 rings (SSSR count). The predicted molar refractivity (Wildman–Crippen MR) is 103 cm³/mol. The van der Waals surface area contributed by atoms with Gasteiger partial charge in [0, 0.05) is 6.54 Å². The van der Waals surface area contributed by atoms with Gasteiger partial charge in [0.15, 0.2) is 0 Å². The molecule has 1 N–H and O–H groups in total. The molecule has 0 fully saturated rings. The third-order valence-electron chi connectivity index (χ3n) is 4.43. The van der Waals surface area contributed by atoms with Crippen molar-refractivity contribution < 1.29 is 39.3 Å². The molecule has 0 aromatic heterocycles. The fourth-order valence-electron chi connectivity index (χ4n) is 2.89. The van der Waals surface area contributed by atoms with Crippen molar-refractivity contribution in [3.8, 4) is 0 Å². The summed E-state index contributed by atoms with van der Waals surface area (Å²) in [5.41, 5.74) is 0.941. The van der Waals surface area contributed by atoms with Crippen molar-refractivity contribution in [1.82, 2.24) is 4.90 Å². The van der Waals surface area contributed by atoms with Crippen molar-refractivity contribution in [2.45, 2.75) is 75.3 Å². The summed E-state index contributed by atoms with van der Waals surface area (Å²) in [6.45, 7) is -1.08. The van der Waals surface area contributed by atoms with Crippen LogP contribution in [0.25, 0.3) is 0 Å². The Morgan fingerprint density at radius 3 is 1.53 bits per heavy atom. The van der Waals surface area contributed by atoms with Crippen LogP contribution >= 0.6 is 0 Å². The molecule has 1 aromatic rings. The van der Waals surface area contributed by atoms with Crippen molar-refractivity contribution in [3.63, 3.8) is 0 Å². The van der Waals surface area contributed by atoms with Crippen LogP contribution in [0.1, 0.15) is 56.9 Å². The molecule has 0 saturated carbocycles. The minimum absolute atomic E-state index is 0. The van der Waals surface area contributed by atoms with Gasteiger partial charge in [-0.3, -0.25) is 4.55 Å². The Labute approximate surface area is 195 Å². The van der Waals surface area contributed by atoms with Gasteiger partial charge in [-0.1, -0.05) is 50.7 Å². The normalized spacial score (nSPS) is 12.8. The fourth-order valence-corrected chi connectivity index (χ4v) is 3.37. The summed E-state index contributed by atoms with van der Waals surface area (Å²) >= 11 is 0. The Morgan fingerprint density at radius 2 is 1.13 bits per heavy atom. The van der Waals surface area contributed by atoms with Gasteiger partial charge in [-0.05, 0) is 37.0 Å². The molecule has 1 aromatic carbocycles. The van der Waals surface area contributed by atoms with Gasteiger partial charge in [0.05, 0.1) is 4.90 Å². The van der Waals surface area contributed by atoms with E-state index in [1.165, 1.54) is 12.1 Å². The molecule has 4 nitrogen and oxygen atoms in total. The van der Waals surface area contributed by atoms with Crippen LogP contribution in [0.3, 0.4) is 0 Å². The van der Waals surface area contributed by atoms with Gasteiger partial charge in [-0.25, -0.2) is 0 Å². The number of nitrogens with zero attached hydrogens (tertiary/aromatic N) is 1. The van der Waals surface area contributed by atoms with Crippen molar-refractivity contribution in [1.29, 1.82) is 0 Å². The van der Waals surface area contributed by atoms with E-state index in [4.69, 9.17) is 4.55 Å².